The molecule has 0 saturated heterocycles. The molecule has 1 fully saturated rings. The number of rotatable bonds is 3. The Kier molecular flexibility index (Phi) is 1.50. The van der Waals surface area contributed by atoms with Gasteiger partial charge in [0.2, 0.25) is 0 Å². The average Bonchev–Trinajstić information content (AvgIpc) is 2.59. The quantitative estimate of drug-likeness (QED) is 0.668. The molecule has 11 heavy (non-hydrogen) atoms. The van der Waals surface area contributed by atoms with Crippen molar-refractivity contribution < 1.29 is 0 Å². The molecule has 0 bridgehead atoms. The zero-order valence-electron chi connectivity index (χ0n) is 6.85. The minimum Gasteiger partial charge on any atom is -0.367 e. The van der Waals surface area contributed by atoms with Crippen molar-refractivity contribution in [2.24, 2.45) is 0 Å². The van der Waals surface area contributed by atoms with Crippen molar-refractivity contribution in [1.29, 1.82) is 0 Å². The zero-order chi connectivity index (χ0) is 7.73. The first-order valence-electron chi connectivity index (χ1n) is 4.15. The van der Waals surface area contributed by atoms with Crippen LogP contribution in [0.2, 0.25) is 0 Å². The largest absolute Gasteiger partial charge is 0.367 e. The minimum atomic E-state index is 0.447. The van der Waals surface area contributed by atoms with E-state index in [1.165, 1.54) is 24.8 Å². The Morgan fingerprint density at radius 3 is 2.91 bits per heavy atom. The van der Waals surface area contributed by atoms with Gasteiger partial charge in [-0.25, -0.2) is 0 Å². The average molecular weight is 150 g/mol. The molecule has 2 nitrogen and oxygen atoms in total. The smallest absolute Gasteiger partial charge is 0.0220 e. The standard InChI is InChI=1S/C9H14N2/c1-10-9(3-4-9)6-8-2-5-11-7-8/h2,5,7,10-11H,3-4,6H2,1H3. The minimum absolute atomic E-state index is 0.447. The van der Waals surface area contributed by atoms with Gasteiger partial charge in [0.1, 0.15) is 0 Å². The number of likely N-dealkylation sites (N-methyl/N-ethyl adjacent to an activating group) is 1. The molecule has 0 amide bonds. The summed E-state index contributed by atoms with van der Waals surface area (Å²) in [4.78, 5) is 3.08. The van der Waals surface area contributed by atoms with Crippen LogP contribution in [0.3, 0.4) is 0 Å². The Bertz CT molecular complexity index is 222. The molecular formula is C9H14N2. The number of nitrogens with one attached hydrogen (secondary N) is 2. The highest BCUT2D eigenvalue weighted by Crippen LogP contribution is 2.37. The highest BCUT2D eigenvalue weighted by molar-refractivity contribution is 5.17. The van der Waals surface area contributed by atoms with Crippen LogP contribution >= 0.6 is 0 Å². The molecule has 0 aromatic carbocycles. The molecule has 0 radical (unpaired) electrons. The molecule has 1 aliphatic rings. The van der Waals surface area contributed by atoms with Crippen molar-refractivity contribution in [3.05, 3.63) is 24.0 Å². The number of H-pyrrole nitrogens is 1. The molecule has 2 N–H and O–H groups in total. The van der Waals surface area contributed by atoms with Crippen LogP contribution in [-0.2, 0) is 6.42 Å². The van der Waals surface area contributed by atoms with Crippen LogP contribution in [-0.4, -0.2) is 17.6 Å². The summed E-state index contributed by atoms with van der Waals surface area (Å²) in [5, 5.41) is 3.38. The zero-order valence-corrected chi connectivity index (χ0v) is 6.85. The first-order chi connectivity index (χ1) is 5.35. The molecule has 0 unspecified atom stereocenters. The molecule has 2 rings (SSSR count). The van der Waals surface area contributed by atoms with E-state index in [4.69, 9.17) is 0 Å². The van der Waals surface area contributed by atoms with E-state index in [0.29, 0.717) is 5.54 Å². The second-order valence-corrected chi connectivity index (χ2v) is 3.43. The third kappa shape index (κ3) is 1.31. The van der Waals surface area contributed by atoms with Crippen LogP contribution in [0.25, 0.3) is 0 Å². The van der Waals surface area contributed by atoms with E-state index in [1.807, 2.05) is 6.20 Å². The van der Waals surface area contributed by atoms with Gasteiger partial charge >= 0.3 is 0 Å². The molecule has 0 aliphatic heterocycles. The van der Waals surface area contributed by atoms with Crippen LogP contribution in [0.1, 0.15) is 18.4 Å². The fraction of sp³-hybridized carbons (Fsp3) is 0.556. The van der Waals surface area contributed by atoms with Gasteiger partial charge in [-0.3, -0.25) is 0 Å². The van der Waals surface area contributed by atoms with Crippen molar-refractivity contribution in [3.8, 4) is 0 Å². The van der Waals surface area contributed by atoms with Crippen LogP contribution in [0, 0.1) is 0 Å². The Hall–Kier alpha value is -0.760. The van der Waals surface area contributed by atoms with Crippen molar-refractivity contribution in [2.45, 2.75) is 24.8 Å². The first kappa shape index (κ1) is 6.92. The SMILES string of the molecule is CNC1(Cc2cc[nH]c2)CC1. The summed E-state index contributed by atoms with van der Waals surface area (Å²) in [5.74, 6) is 0. The van der Waals surface area contributed by atoms with Gasteiger partial charge < -0.3 is 10.3 Å². The monoisotopic (exact) mass is 150 g/mol. The summed E-state index contributed by atoms with van der Waals surface area (Å²) in [7, 11) is 2.06. The van der Waals surface area contributed by atoms with Gasteiger partial charge in [0.25, 0.3) is 0 Å². The van der Waals surface area contributed by atoms with E-state index in [9.17, 15) is 0 Å². The summed E-state index contributed by atoms with van der Waals surface area (Å²) < 4.78 is 0. The maximum Gasteiger partial charge on any atom is 0.0220 e. The molecule has 1 heterocycles. The molecule has 1 saturated carbocycles. The third-order valence-corrected chi connectivity index (χ3v) is 2.59. The lowest BCUT2D eigenvalue weighted by molar-refractivity contribution is 0.549. The summed E-state index contributed by atoms with van der Waals surface area (Å²) >= 11 is 0. The number of aromatic amines is 1. The Labute approximate surface area is 67.0 Å². The molecule has 0 atom stereocenters. The predicted molar refractivity (Wildman–Crippen MR) is 45.5 cm³/mol. The molecule has 0 spiro atoms. The van der Waals surface area contributed by atoms with Gasteiger partial charge in [-0.15, -0.1) is 0 Å². The highest BCUT2D eigenvalue weighted by atomic mass is 15.0. The maximum absolute atomic E-state index is 3.38. The van der Waals surface area contributed by atoms with E-state index in [2.05, 4.69) is 29.6 Å². The van der Waals surface area contributed by atoms with E-state index in [1.54, 1.807) is 0 Å². The number of aromatic nitrogens is 1. The van der Waals surface area contributed by atoms with Gasteiger partial charge in [-0.2, -0.15) is 0 Å². The van der Waals surface area contributed by atoms with E-state index in [-0.39, 0.29) is 0 Å². The summed E-state index contributed by atoms with van der Waals surface area (Å²) in [6.07, 6.45) is 7.90. The molecule has 1 aromatic rings. The molecule has 2 heteroatoms. The van der Waals surface area contributed by atoms with Gasteiger partial charge in [0, 0.05) is 17.9 Å². The van der Waals surface area contributed by atoms with Crippen LogP contribution in [0.4, 0.5) is 0 Å². The lowest BCUT2D eigenvalue weighted by atomic mass is 10.1. The molecular weight excluding hydrogens is 136 g/mol. The second kappa shape index (κ2) is 2.38. The second-order valence-electron chi connectivity index (χ2n) is 3.43. The Morgan fingerprint density at radius 1 is 1.64 bits per heavy atom. The fourth-order valence-electron chi connectivity index (χ4n) is 1.53. The van der Waals surface area contributed by atoms with E-state index in [0.717, 1.165) is 0 Å². The lowest BCUT2D eigenvalue weighted by Crippen LogP contribution is -2.29. The van der Waals surface area contributed by atoms with Crippen LogP contribution in [0.5, 0.6) is 0 Å². The molecule has 1 aliphatic carbocycles. The lowest BCUT2D eigenvalue weighted by Gasteiger charge is -2.11. The predicted octanol–water partition coefficient (Wildman–Crippen LogP) is 1.31. The number of hydrogen-bond acceptors (Lipinski definition) is 1. The van der Waals surface area contributed by atoms with Crippen molar-refractivity contribution >= 4 is 0 Å². The summed E-state index contributed by atoms with van der Waals surface area (Å²) in [5.41, 5.74) is 1.86. The van der Waals surface area contributed by atoms with E-state index >= 15 is 0 Å². The Morgan fingerprint density at radius 2 is 2.45 bits per heavy atom. The van der Waals surface area contributed by atoms with Gasteiger partial charge in [0.05, 0.1) is 0 Å². The van der Waals surface area contributed by atoms with Crippen molar-refractivity contribution in [1.82, 2.24) is 10.3 Å². The molecule has 60 valence electrons. The Balaban J connectivity index is 2.01. The number of hydrogen-bond donors (Lipinski definition) is 2. The molecule has 1 aromatic heterocycles. The van der Waals surface area contributed by atoms with Gasteiger partial charge in [-0.05, 0) is 37.9 Å². The van der Waals surface area contributed by atoms with Crippen LogP contribution in [0.15, 0.2) is 18.5 Å². The maximum atomic E-state index is 3.38. The normalized spacial score (nSPS) is 20.1. The van der Waals surface area contributed by atoms with Crippen molar-refractivity contribution in [3.63, 3.8) is 0 Å². The summed E-state index contributed by atoms with van der Waals surface area (Å²) in [6, 6.07) is 2.15. The first-order valence-corrected chi connectivity index (χ1v) is 4.15. The van der Waals surface area contributed by atoms with Gasteiger partial charge in [-0.1, -0.05) is 0 Å². The highest BCUT2D eigenvalue weighted by Gasteiger charge is 2.40. The summed E-state index contributed by atoms with van der Waals surface area (Å²) in [6.45, 7) is 0. The third-order valence-electron chi connectivity index (χ3n) is 2.59. The van der Waals surface area contributed by atoms with Gasteiger partial charge in [0.15, 0.2) is 0 Å². The van der Waals surface area contributed by atoms with Crippen molar-refractivity contribution in [2.75, 3.05) is 7.05 Å². The van der Waals surface area contributed by atoms with E-state index < -0.39 is 0 Å². The topological polar surface area (TPSA) is 27.8 Å². The fourth-order valence-corrected chi connectivity index (χ4v) is 1.53. The van der Waals surface area contributed by atoms with Crippen LogP contribution < -0.4 is 5.32 Å².